The Labute approximate surface area is 180 Å². The Morgan fingerprint density at radius 1 is 1.13 bits per heavy atom. The molecule has 3 aromatic rings. The van der Waals surface area contributed by atoms with Gasteiger partial charge in [0.2, 0.25) is 0 Å². The maximum absolute atomic E-state index is 12.2. The van der Waals surface area contributed by atoms with Gasteiger partial charge in [0.05, 0.1) is 38.0 Å². The fraction of sp³-hybridized carbons (Fsp3) is 0.348. The first-order valence-corrected chi connectivity index (χ1v) is 10.3. The first-order chi connectivity index (χ1) is 15.1. The number of carbonyl (C=O) groups excluding carboxylic acids is 2. The molecule has 0 unspecified atom stereocenters. The number of nitrogens with one attached hydrogen (secondary N) is 1. The van der Waals surface area contributed by atoms with Crippen molar-refractivity contribution in [3.63, 3.8) is 0 Å². The van der Waals surface area contributed by atoms with E-state index >= 15 is 0 Å². The molecule has 4 rings (SSSR count). The molecule has 0 bridgehead atoms. The summed E-state index contributed by atoms with van der Waals surface area (Å²) in [7, 11) is 2.90. The van der Waals surface area contributed by atoms with Crippen molar-refractivity contribution in [2.24, 2.45) is 0 Å². The van der Waals surface area contributed by atoms with Gasteiger partial charge in [0, 0.05) is 16.6 Å². The molecule has 0 aliphatic heterocycles. The van der Waals surface area contributed by atoms with Gasteiger partial charge in [-0.2, -0.15) is 5.10 Å². The Bertz CT molecular complexity index is 1100. The molecule has 2 aromatic carbocycles. The van der Waals surface area contributed by atoms with Crippen LogP contribution >= 0.6 is 0 Å². The Kier molecular flexibility index (Phi) is 6.06. The van der Waals surface area contributed by atoms with Gasteiger partial charge < -0.3 is 14.2 Å². The largest absolute Gasteiger partial charge is 0.496 e. The number of ether oxygens (including phenoxy) is 3. The third kappa shape index (κ3) is 4.63. The maximum atomic E-state index is 12.2. The summed E-state index contributed by atoms with van der Waals surface area (Å²) in [5.41, 5.74) is 2.78. The summed E-state index contributed by atoms with van der Waals surface area (Å²) in [5.74, 6) is 0.149. The second kappa shape index (κ2) is 9.07. The monoisotopic (exact) mass is 423 g/mol. The first kappa shape index (κ1) is 20.7. The van der Waals surface area contributed by atoms with Gasteiger partial charge in [-0.05, 0) is 56.0 Å². The van der Waals surface area contributed by atoms with Crippen LogP contribution < -0.4 is 10.1 Å². The van der Waals surface area contributed by atoms with Gasteiger partial charge in [0.15, 0.2) is 0 Å². The van der Waals surface area contributed by atoms with Crippen LogP contribution in [-0.4, -0.2) is 42.2 Å². The fourth-order valence-electron chi connectivity index (χ4n) is 3.86. The zero-order valence-corrected chi connectivity index (χ0v) is 17.6. The van der Waals surface area contributed by atoms with Gasteiger partial charge in [-0.25, -0.2) is 9.59 Å². The number of carbonyl (C=O) groups is 2. The molecule has 0 radical (unpaired) electrons. The Balaban J connectivity index is 1.54. The van der Waals surface area contributed by atoms with Gasteiger partial charge in [0.25, 0.3) is 0 Å². The average Bonchev–Trinajstić information content (AvgIpc) is 3.43. The van der Waals surface area contributed by atoms with E-state index < -0.39 is 12.1 Å². The molecular weight excluding hydrogens is 398 g/mol. The normalized spacial score (nSPS) is 13.9. The van der Waals surface area contributed by atoms with Crippen LogP contribution in [0.4, 0.5) is 10.5 Å². The second-order valence-electron chi connectivity index (χ2n) is 7.53. The summed E-state index contributed by atoms with van der Waals surface area (Å²) in [6, 6.07) is 10.8. The number of aromatic nitrogens is 2. The highest BCUT2D eigenvalue weighted by molar-refractivity contribution is 5.90. The predicted molar refractivity (Wildman–Crippen MR) is 116 cm³/mol. The van der Waals surface area contributed by atoms with Crippen LogP contribution in [-0.2, 0) is 16.0 Å². The van der Waals surface area contributed by atoms with E-state index in [1.165, 1.54) is 7.11 Å². The summed E-state index contributed by atoms with van der Waals surface area (Å²) >= 11 is 0. The number of hydrogen-bond donors (Lipinski definition) is 1. The molecule has 31 heavy (non-hydrogen) atoms. The number of benzene rings is 2. The number of amides is 1. The number of methoxy groups -OCH3 is 2. The van der Waals surface area contributed by atoms with Crippen LogP contribution in [0.3, 0.4) is 0 Å². The summed E-state index contributed by atoms with van der Waals surface area (Å²) in [4.78, 5) is 24.0. The van der Waals surface area contributed by atoms with Crippen LogP contribution in [0.5, 0.6) is 5.75 Å². The minimum Gasteiger partial charge on any atom is -0.496 e. The van der Waals surface area contributed by atoms with Gasteiger partial charge in [-0.15, -0.1) is 0 Å². The molecule has 0 atom stereocenters. The van der Waals surface area contributed by atoms with E-state index in [1.807, 2.05) is 28.9 Å². The summed E-state index contributed by atoms with van der Waals surface area (Å²) < 4.78 is 17.5. The molecule has 8 nitrogen and oxygen atoms in total. The van der Waals surface area contributed by atoms with E-state index in [2.05, 4.69) is 10.4 Å². The third-order valence-electron chi connectivity index (χ3n) is 5.50. The van der Waals surface area contributed by atoms with Gasteiger partial charge in [0.1, 0.15) is 11.9 Å². The number of hydrogen-bond acceptors (Lipinski definition) is 6. The van der Waals surface area contributed by atoms with E-state index in [-0.39, 0.29) is 6.10 Å². The van der Waals surface area contributed by atoms with Crippen molar-refractivity contribution >= 4 is 28.7 Å². The molecule has 1 aromatic heterocycles. The first-order valence-electron chi connectivity index (χ1n) is 10.3. The molecule has 1 N–H and O–H groups in total. The van der Waals surface area contributed by atoms with Crippen LogP contribution in [0, 0.1) is 0 Å². The van der Waals surface area contributed by atoms with Crippen molar-refractivity contribution in [2.45, 2.75) is 38.3 Å². The molecule has 0 saturated heterocycles. The maximum Gasteiger partial charge on any atom is 0.411 e. The standard InChI is InChI=1S/C23H25N3O5/c1-29-21-11-15(22(27)30-2)7-8-17(21)14-26-20-12-18(10-9-16(20)13-24-26)25-23(28)31-19-5-3-4-6-19/h7-13,19H,3-6,14H2,1-2H3,(H,25,28). The molecule has 0 spiro atoms. The van der Waals surface area contributed by atoms with Gasteiger partial charge >= 0.3 is 12.1 Å². The number of nitrogens with zero attached hydrogens (tertiary/aromatic N) is 2. The van der Waals surface area contributed by atoms with Crippen LogP contribution in [0.1, 0.15) is 41.6 Å². The van der Waals surface area contributed by atoms with Crippen molar-refractivity contribution < 1.29 is 23.8 Å². The van der Waals surface area contributed by atoms with Crippen molar-refractivity contribution in [2.75, 3.05) is 19.5 Å². The van der Waals surface area contributed by atoms with Gasteiger partial charge in [-0.3, -0.25) is 10.00 Å². The zero-order valence-electron chi connectivity index (χ0n) is 17.6. The quantitative estimate of drug-likeness (QED) is 0.592. The summed E-state index contributed by atoms with van der Waals surface area (Å²) in [6.07, 6.45) is 5.41. The highest BCUT2D eigenvalue weighted by atomic mass is 16.6. The molecule has 1 aliphatic rings. The molecule has 1 aliphatic carbocycles. The lowest BCUT2D eigenvalue weighted by Gasteiger charge is -2.13. The number of anilines is 1. The minimum absolute atomic E-state index is 0.00897. The molecule has 1 heterocycles. The van der Waals surface area contributed by atoms with E-state index in [9.17, 15) is 9.59 Å². The lowest BCUT2D eigenvalue weighted by molar-refractivity contribution is 0.0600. The average molecular weight is 423 g/mol. The van der Waals surface area contributed by atoms with Crippen molar-refractivity contribution in [3.05, 3.63) is 53.7 Å². The van der Waals surface area contributed by atoms with Crippen molar-refractivity contribution in [1.29, 1.82) is 0 Å². The summed E-state index contributed by atoms with van der Waals surface area (Å²) in [6.45, 7) is 0.435. The molecular formula is C23H25N3O5. The highest BCUT2D eigenvalue weighted by Crippen LogP contribution is 2.26. The minimum atomic E-state index is -0.433. The smallest absolute Gasteiger partial charge is 0.411 e. The molecule has 1 amide bonds. The lowest BCUT2D eigenvalue weighted by atomic mass is 10.1. The Morgan fingerprint density at radius 2 is 1.94 bits per heavy atom. The summed E-state index contributed by atoms with van der Waals surface area (Å²) in [5, 5.41) is 8.23. The molecule has 162 valence electrons. The lowest BCUT2D eigenvalue weighted by Crippen LogP contribution is -2.20. The van der Waals surface area contributed by atoms with E-state index in [1.54, 1.807) is 25.4 Å². The highest BCUT2D eigenvalue weighted by Gasteiger charge is 2.19. The predicted octanol–water partition coefficient (Wildman–Crippen LogP) is 4.37. The van der Waals surface area contributed by atoms with Crippen molar-refractivity contribution in [1.82, 2.24) is 9.78 Å². The van der Waals surface area contributed by atoms with Crippen molar-refractivity contribution in [3.8, 4) is 5.75 Å². The molecule has 1 fully saturated rings. The number of esters is 1. The Morgan fingerprint density at radius 3 is 2.68 bits per heavy atom. The zero-order chi connectivity index (χ0) is 21.8. The van der Waals surface area contributed by atoms with E-state index in [4.69, 9.17) is 14.2 Å². The fourth-order valence-corrected chi connectivity index (χ4v) is 3.86. The van der Waals surface area contributed by atoms with E-state index in [0.29, 0.717) is 23.5 Å². The SMILES string of the molecule is COC(=O)c1ccc(Cn2ncc3ccc(NC(=O)OC4CCCC4)cc32)c(OC)c1. The molecule has 8 heteroatoms. The van der Waals surface area contributed by atoms with Gasteiger partial charge in [-0.1, -0.05) is 6.07 Å². The number of fused-ring (bicyclic) bond motifs is 1. The third-order valence-corrected chi connectivity index (χ3v) is 5.50. The Hall–Kier alpha value is -3.55. The topological polar surface area (TPSA) is 91.7 Å². The second-order valence-corrected chi connectivity index (χ2v) is 7.53. The number of rotatable bonds is 6. The van der Waals surface area contributed by atoms with Crippen LogP contribution in [0.15, 0.2) is 42.6 Å². The molecule has 1 saturated carbocycles. The van der Waals surface area contributed by atoms with Crippen LogP contribution in [0.2, 0.25) is 0 Å². The van der Waals surface area contributed by atoms with Crippen LogP contribution in [0.25, 0.3) is 10.9 Å². The van der Waals surface area contributed by atoms with E-state index in [0.717, 1.165) is 42.1 Å².